The van der Waals surface area contributed by atoms with Gasteiger partial charge in [-0.3, -0.25) is 0 Å². The molecule has 2 aliphatic heterocycles. The summed E-state index contributed by atoms with van der Waals surface area (Å²) in [6, 6.07) is 6.48. The molecule has 2 atom stereocenters. The molecular weight excluding hydrogens is 400 g/mol. The van der Waals surface area contributed by atoms with Crippen LogP contribution in [-0.4, -0.2) is 59.1 Å². The molecule has 2 fully saturated rings. The van der Waals surface area contributed by atoms with E-state index in [1.54, 1.807) is 4.90 Å². The summed E-state index contributed by atoms with van der Waals surface area (Å²) in [5, 5.41) is 13.7. The molecule has 1 aromatic carbocycles. The number of nitrogens with zero attached hydrogens (tertiary/aromatic N) is 5. The second-order valence-electron chi connectivity index (χ2n) is 9.11. The SMILES string of the molecule is Cc1ccc(Cl)cc1N1CC[NH+]([C@H](CC(C)C)c2nnnn2C[C@H]2CCCO2)CC1. The second-order valence-corrected chi connectivity index (χ2v) is 9.55. The Hall–Kier alpha value is -1.70. The van der Waals surface area contributed by atoms with Crippen molar-refractivity contribution in [2.24, 2.45) is 5.92 Å². The molecule has 0 amide bonds. The minimum absolute atomic E-state index is 0.240. The first-order valence-corrected chi connectivity index (χ1v) is 11.6. The summed E-state index contributed by atoms with van der Waals surface area (Å²) in [4.78, 5) is 4.04. The molecule has 0 radical (unpaired) electrons. The monoisotopic (exact) mass is 433 g/mol. The predicted molar refractivity (Wildman–Crippen MR) is 118 cm³/mol. The number of hydrogen-bond donors (Lipinski definition) is 1. The first-order chi connectivity index (χ1) is 14.5. The summed E-state index contributed by atoms with van der Waals surface area (Å²) in [7, 11) is 0. The van der Waals surface area contributed by atoms with Crippen LogP contribution in [-0.2, 0) is 11.3 Å². The van der Waals surface area contributed by atoms with Crippen molar-refractivity contribution >= 4 is 17.3 Å². The summed E-state index contributed by atoms with van der Waals surface area (Å²) in [5.74, 6) is 1.60. The Balaban J connectivity index is 1.48. The van der Waals surface area contributed by atoms with Crippen LogP contribution in [0.3, 0.4) is 0 Å². The standard InChI is InChI=1S/C22H33ClN6O/c1-16(2)13-21(22-24-25-26-29(22)15-19-5-4-12-30-19)28-10-8-27(9-11-28)20-14-18(23)7-6-17(20)3/h6-7,14,16,19,21H,4-5,8-13,15H2,1-3H3/p+1/t19-,21-/m1/s1. The van der Waals surface area contributed by atoms with E-state index in [9.17, 15) is 0 Å². The third-order valence-electron chi connectivity index (χ3n) is 6.39. The van der Waals surface area contributed by atoms with Gasteiger partial charge in [-0.1, -0.05) is 31.5 Å². The van der Waals surface area contributed by atoms with E-state index < -0.39 is 0 Å². The van der Waals surface area contributed by atoms with E-state index in [2.05, 4.69) is 53.3 Å². The normalized spacial score (nSPS) is 21.5. The van der Waals surface area contributed by atoms with Gasteiger partial charge >= 0.3 is 0 Å². The van der Waals surface area contributed by atoms with E-state index >= 15 is 0 Å². The fraction of sp³-hybridized carbons (Fsp3) is 0.682. The maximum atomic E-state index is 6.26. The lowest BCUT2D eigenvalue weighted by atomic mass is 10.0. The molecule has 2 aliphatic rings. The van der Waals surface area contributed by atoms with Crippen LogP contribution < -0.4 is 9.80 Å². The van der Waals surface area contributed by atoms with Gasteiger partial charge in [0.2, 0.25) is 5.82 Å². The maximum absolute atomic E-state index is 6.26. The molecule has 0 saturated carbocycles. The lowest BCUT2D eigenvalue weighted by molar-refractivity contribution is -0.934. The van der Waals surface area contributed by atoms with E-state index in [1.807, 2.05) is 10.7 Å². The molecule has 0 unspecified atom stereocenters. The van der Waals surface area contributed by atoms with Crippen LogP contribution in [0.25, 0.3) is 0 Å². The van der Waals surface area contributed by atoms with Crippen molar-refractivity contribution < 1.29 is 9.64 Å². The van der Waals surface area contributed by atoms with Gasteiger partial charge < -0.3 is 14.5 Å². The first kappa shape index (κ1) is 21.5. The minimum atomic E-state index is 0.240. The molecule has 0 bridgehead atoms. The Kier molecular flexibility index (Phi) is 6.91. The largest absolute Gasteiger partial charge is 0.376 e. The summed E-state index contributed by atoms with van der Waals surface area (Å²) < 4.78 is 7.83. The molecule has 164 valence electrons. The molecule has 1 N–H and O–H groups in total. The maximum Gasteiger partial charge on any atom is 0.209 e. The second kappa shape index (κ2) is 9.62. The highest BCUT2D eigenvalue weighted by molar-refractivity contribution is 6.30. The van der Waals surface area contributed by atoms with Crippen LogP contribution in [0.5, 0.6) is 0 Å². The van der Waals surface area contributed by atoms with Crippen LogP contribution in [0.2, 0.25) is 5.02 Å². The van der Waals surface area contributed by atoms with Gasteiger partial charge in [0.25, 0.3) is 0 Å². The van der Waals surface area contributed by atoms with E-state index in [1.165, 1.54) is 11.3 Å². The summed E-state index contributed by atoms with van der Waals surface area (Å²) in [5.41, 5.74) is 2.53. The average molecular weight is 434 g/mol. The average Bonchev–Trinajstić information content (AvgIpc) is 3.41. The van der Waals surface area contributed by atoms with Gasteiger partial charge in [-0.25, -0.2) is 4.68 Å². The molecule has 2 saturated heterocycles. The third kappa shape index (κ3) is 4.95. The molecule has 1 aromatic heterocycles. The summed E-state index contributed by atoms with van der Waals surface area (Å²) in [6.45, 7) is 12.5. The van der Waals surface area contributed by atoms with Gasteiger partial charge in [-0.2, -0.15) is 0 Å². The van der Waals surface area contributed by atoms with Crippen molar-refractivity contribution in [3.05, 3.63) is 34.6 Å². The zero-order valence-electron chi connectivity index (χ0n) is 18.4. The zero-order chi connectivity index (χ0) is 21.1. The predicted octanol–water partition coefficient (Wildman–Crippen LogP) is 2.31. The number of anilines is 1. The fourth-order valence-corrected chi connectivity index (χ4v) is 4.97. The number of rotatable bonds is 7. The number of quaternary nitrogens is 1. The van der Waals surface area contributed by atoms with Crippen molar-refractivity contribution in [3.8, 4) is 0 Å². The number of tetrazole rings is 1. The number of aryl methyl sites for hydroxylation is 1. The Morgan fingerprint density at radius 3 is 2.77 bits per heavy atom. The van der Waals surface area contributed by atoms with Crippen LogP contribution >= 0.6 is 11.6 Å². The Labute approximate surface area is 184 Å². The molecular formula is C22H34ClN6O+. The van der Waals surface area contributed by atoms with Crippen LogP contribution in [0.1, 0.15) is 50.5 Å². The van der Waals surface area contributed by atoms with Crippen molar-refractivity contribution in [1.29, 1.82) is 0 Å². The zero-order valence-corrected chi connectivity index (χ0v) is 19.1. The number of hydrogen-bond acceptors (Lipinski definition) is 5. The van der Waals surface area contributed by atoms with E-state index in [0.717, 1.165) is 69.4 Å². The lowest BCUT2D eigenvalue weighted by Gasteiger charge is -2.38. The van der Waals surface area contributed by atoms with Crippen LogP contribution in [0.15, 0.2) is 18.2 Å². The van der Waals surface area contributed by atoms with Gasteiger partial charge in [0, 0.05) is 23.7 Å². The Morgan fingerprint density at radius 2 is 2.07 bits per heavy atom. The molecule has 7 nitrogen and oxygen atoms in total. The lowest BCUT2D eigenvalue weighted by Crippen LogP contribution is -3.15. The molecule has 0 spiro atoms. The Bertz CT molecular complexity index is 827. The quantitative estimate of drug-likeness (QED) is 0.726. The summed E-state index contributed by atoms with van der Waals surface area (Å²) in [6.07, 6.45) is 3.55. The van der Waals surface area contributed by atoms with Crippen molar-refractivity contribution in [3.63, 3.8) is 0 Å². The Morgan fingerprint density at radius 1 is 1.27 bits per heavy atom. The molecule has 3 heterocycles. The number of benzene rings is 1. The fourth-order valence-electron chi connectivity index (χ4n) is 4.80. The third-order valence-corrected chi connectivity index (χ3v) is 6.62. The van der Waals surface area contributed by atoms with Gasteiger partial charge in [0.1, 0.15) is 6.04 Å². The number of nitrogens with one attached hydrogen (secondary N) is 1. The molecule has 4 rings (SSSR count). The highest BCUT2D eigenvalue weighted by Gasteiger charge is 2.34. The first-order valence-electron chi connectivity index (χ1n) is 11.2. The van der Waals surface area contributed by atoms with Crippen LogP contribution in [0.4, 0.5) is 5.69 Å². The highest BCUT2D eigenvalue weighted by atomic mass is 35.5. The molecule has 8 heteroatoms. The number of halogens is 1. The molecule has 30 heavy (non-hydrogen) atoms. The minimum Gasteiger partial charge on any atom is -0.376 e. The van der Waals surface area contributed by atoms with E-state index in [-0.39, 0.29) is 6.10 Å². The van der Waals surface area contributed by atoms with Gasteiger partial charge in [0.15, 0.2) is 0 Å². The van der Waals surface area contributed by atoms with Crippen molar-refractivity contribution in [1.82, 2.24) is 20.2 Å². The van der Waals surface area contributed by atoms with Crippen molar-refractivity contribution in [2.75, 3.05) is 37.7 Å². The van der Waals surface area contributed by atoms with Crippen LogP contribution in [0, 0.1) is 12.8 Å². The highest BCUT2D eigenvalue weighted by Crippen LogP contribution is 2.25. The molecule has 2 aromatic rings. The van der Waals surface area contributed by atoms with E-state index in [0.29, 0.717) is 12.0 Å². The number of ether oxygens (including phenoxy) is 1. The van der Waals surface area contributed by atoms with Crippen molar-refractivity contribution in [2.45, 2.75) is 58.7 Å². The number of piperazine rings is 1. The van der Waals surface area contributed by atoms with Gasteiger partial charge in [0.05, 0.1) is 38.8 Å². The number of aromatic nitrogens is 4. The smallest absolute Gasteiger partial charge is 0.209 e. The summed E-state index contributed by atoms with van der Waals surface area (Å²) >= 11 is 6.26. The molecule has 0 aliphatic carbocycles. The van der Waals surface area contributed by atoms with Gasteiger partial charge in [-0.05, 0) is 53.8 Å². The topological polar surface area (TPSA) is 60.5 Å². The van der Waals surface area contributed by atoms with Gasteiger partial charge in [-0.15, -0.1) is 5.10 Å². The van der Waals surface area contributed by atoms with E-state index in [4.69, 9.17) is 16.3 Å².